The lowest BCUT2D eigenvalue weighted by atomic mass is 10.1. The van der Waals surface area contributed by atoms with E-state index in [2.05, 4.69) is 18.2 Å². The van der Waals surface area contributed by atoms with Crippen molar-refractivity contribution in [3.63, 3.8) is 0 Å². The third-order valence-corrected chi connectivity index (χ3v) is 4.43. The van der Waals surface area contributed by atoms with Crippen molar-refractivity contribution in [1.29, 1.82) is 0 Å². The average Bonchev–Trinajstić information content (AvgIpc) is 2.29. The second-order valence-corrected chi connectivity index (χ2v) is 8.13. The zero-order valence-corrected chi connectivity index (χ0v) is 10.6. The van der Waals surface area contributed by atoms with E-state index in [0.717, 1.165) is 10.8 Å². The predicted molar refractivity (Wildman–Crippen MR) is 71.2 cm³/mol. The first kappa shape index (κ1) is 11.1. The van der Waals surface area contributed by atoms with Crippen LogP contribution in [0.4, 0.5) is 0 Å². The summed E-state index contributed by atoms with van der Waals surface area (Å²) in [5, 5.41) is 1.10. The third-order valence-electron chi connectivity index (χ3n) is 2.67. The second-order valence-electron chi connectivity index (χ2n) is 4.47. The van der Waals surface area contributed by atoms with Crippen LogP contribution in [0.3, 0.4) is 0 Å². The Hall–Kier alpha value is -1.38. The monoisotopic (exact) mass is 228 g/mol. The fraction of sp³-hybridized carbons (Fsp3) is 0.143. The Kier molecular flexibility index (Phi) is 2.94. The normalized spacial score (nSPS) is 11.4. The Morgan fingerprint density at radius 2 is 1.38 bits per heavy atom. The highest BCUT2D eigenvalue weighted by Crippen LogP contribution is 2.18. The van der Waals surface area contributed by atoms with Crippen LogP contribution in [0, 0.1) is 0 Å². The molecule has 0 aliphatic heterocycles. The molecular weight excluding hydrogens is 212 g/mol. The van der Waals surface area contributed by atoms with Gasteiger partial charge in [0.1, 0.15) is 0 Å². The van der Waals surface area contributed by atoms with Crippen LogP contribution in [0.25, 0.3) is 11.1 Å². The highest BCUT2D eigenvalue weighted by atomic mass is 28.4. The molecule has 0 unspecified atom stereocenters. The SMILES string of the molecule is C[Si](C)(O)c1ccccc1-c1ccccc1. The van der Waals surface area contributed by atoms with E-state index in [1.165, 1.54) is 5.56 Å². The third kappa shape index (κ3) is 2.23. The quantitative estimate of drug-likeness (QED) is 0.784. The van der Waals surface area contributed by atoms with Gasteiger partial charge in [0.25, 0.3) is 0 Å². The van der Waals surface area contributed by atoms with Gasteiger partial charge in [-0.3, -0.25) is 0 Å². The first-order valence-electron chi connectivity index (χ1n) is 5.46. The fourth-order valence-electron chi connectivity index (χ4n) is 1.89. The van der Waals surface area contributed by atoms with Gasteiger partial charge >= 0.3 is 0 Å². The van der Waals surface area contributed by atoms with Crippen LogP contribution in [0.1, 0.15) is 0 Å². The molecule has 0 aliphatic carbocycles. The van der Waals surface area contributed by atoms with Gasteiger partial charge in [-0.25, -0.2) is 0 Å². The van der Waals surface area contributed by atoms with Gasteiger partial charge in [-0.2, -0.15) is 0 Å². The molecule has 0 atom stereocenters. The van der Waals surface area contributed by atoms with Gasteiger partial charge in [-0.05, 0) is 29.4 Å². The van der Waals surface area contributed by atoms with Crippen molar-refractivity contribution in [3.8, 4) is 11.1 Å². The van der Waals surface area contributed by atoms with Crippen LogP contribution in [-0.2, 0) is 0 Å². The highest BCUT2D eigenvalue weighted by molar-refractivity contribution is 6.84. The summed E-state index contributed by atoms with van der Waals surface area (Å²) >= 11 is 0. The lowest BCUT2D eigenvalue weighted by molar-refractivity contribution is 0.568. The molecule has 0 amide bonds. The van der Waals surface area contributed by atoms with E-state index >= 15 is 0 Å². The van der Waals surface area contributed by atoms with Crippen LogP contribution in [-0.4, -0.2) is 13.1 Å². The number of rotatable bonds is 2. The molecule has 0 aromatic heterocycles. The van der Waals surface area contributed by atoms with Gasteiger partial charge in [0.2, 0.25) is 8.32 Å². The first-order valence-corrected chi connectivity index (χ1v) is 8.41. The maximum atomic E-state index is 10.3. The molecule has 2 aromatic carbocycles. The van der Waals surface area contributed by atoms with E-state index in [1.54, 1.807) is 0 Å². The van der Waals surface area contributed by atoms with Gasteiger partial charge in [-0.1, -0.05) is 54.6 Å². The summed E-state index contributed by atoms with van der Waals surface area (Å²) < 4.78 is 0. The van der Waals surface area contributed by atoms with Gasteiger partial charge in [-0.15, -0.1) is 0 Å². The number of hydrogen-bond acceptors (Lipinski definition) is 1. The molecule has 0 spiro atoms. The average molecular weight is 228 g/mol. The van der Waals surface area contributed by atoms with E-state index in [1.807, 2.05) is 49.5 Å². The predicted octanol–water partition coefficient (Wildman–Crippen LogP) is 2.76. The Balaban J connectivity index is 2.58. The first-order chi connectivity index (χ1) is 7.59. The van der Waals surface area contributed by atoms with Crippen LogP contribution in [0.5, 0.6) is 0 Å². The lowest BCUT2D eigenvalue weighted by Crippen LogP contribution is -2.42. The summed E-state index contributed by atoms with van der Waals surface area (Å²) in [5.41, 5.74) is 2.33. The summed E-state index contributed by atoms with van der Waals surface area (Å²) in [6.07, 6.45) is 0. The van der Waals surface area contributed by atoms with Crippen LogP contribution >= 0.6 is 0 Å². The van der Waals surface area contributed by atoms with E-state index < -0.39 is 8.32 Å². The van der Waals surface area contributed by atoms with Crippen molar-refractivity contribution in [2.24, 2.45) is 0 Å². The van der Waals surface area contributed by atoms with Crippen molar-refractivity contribution >= 4 is 13.5 Å². The Bertz CT molecular complexity index is 472. The fourth-order valence-corrected chi connectivity index (χ4v) is 3.28. The summed E-state index contributed by atoms with van der Waals surface area (Å²) in [6.45, 7) is 3.91. The standard InChI is InChI=1S/C14H16OSi/c1-16(2,15)14-11-7-6-10-13(14)12-8-4-3-5-9-12/h3-11,15H,1-2H3. The van der Waals surface area contributed by atoms with Crippen molar-refractivity contribution < 1.29 is 4.80 Å². The summed E-state index contributed by atoms with van der Waals surface area (Å²) in [4.78, 5) is 10.3. The van der Waals surface area contributed by atoms with E-state index in [0.29, 0.717) is 0 Å². The zero-order chi connectivity index (χ0) is 11.6. The number of benzene rings is 2. The molecule has 1 nitrogen and oxygen atoms in total. The molecule has 2 aromatic rings. The van der Waals surface area contributed by atoms with Gasteiger partial charge in [0, 0.05) is 0 Å². The Labute approximate surface area is 97.5 Å². The van der Waals surface area contributed by atoms with E-state index in [-0.39, 0.29) is 0 Å². The van der Waals surface area contributed by atoms with Crippen molar-refractivity contribution in [3.05, 3.63) is 54.6 Å². The van der Waals surface area contributed by atoms with Gasteiger partial charge in [0.05, 0.1) is 0 Å². The van der Waals surface area contributed by atoms with Crippen LogP contribution in [0.15, 0.2) is 54.6 Å². The summed E-state index contributed by atoms with van der Waals surface area (Å²) in [5.74, 6) is 0. The molecule has 0 saturated carbocycles. The zero-order valence-electron chi connectivity index (χ0n) is 9.64. The maximum Gasteiger partial charge on any atom is 0.214 e. The topological polar surface area (TPSA) is 20.2 Å². The van der Waals surface area contributed by atoms with Gasteiger partial charge < -0.3 is 4.80 Å². The van der Waals surface area contributed by atoms with Crippen LogP contribution in [0.2, 0.25) is 13.1 Å². The molecule has 82 valence electrons. The molecule has 0 fully saturated rings. The van der Waals surface area contributed by atoms with Crippen molar-refractivity contribution in [2.75, 3.05) is 0 Å². The van der Waals surface area contributed by atoms with Gasteiger partial charge in [0.15, 0.2) is 0 Å². The highest BCUT2D eigenvalue weighted by Gasteiger charge is 2.23. The molecule has 0 aliphatic rings. The smallest absolute Gasteiger partial charge is 0.214 e. The molecule has 0 radical (unpaired) electrons. The Morgan fingerprint density at radius 1 is 0.812 bits per heavy atom. The molecule has 0 bridgehead atoms. The molecule has 2 rings (SSSR count). The molecule has 0 saturated heterocycles. The summed E-state index contributed by atoms with van der Waals surface area (Å²) in [6, 6.07) is 18.4. The van der Waals surface area contributed by atoms with E-state index in [9.17, 15) is 4.80 Å². The molecule has 1 N–H and O–H groups in total. The maximum absolute atomic E-state index is 10.3. The molecule has 16 heavy (non-hydrogen) atoms. The van der Waals surface area contributed by atoms with Crippen molar-refractivity contribution in [1.82, 2.24) is 0 Å². The second kappa shape index (κ2) is 4.24. The van der Waals surface area contributed by atoms with E-state index in [4.69, 9.17) is 0 Å². The molecule has 0 heterocycles. The van der Waals surface area contributed by atoms with Crippen LogP contribution < -0.4 is 5.19 Å². The molecular formula is C14H16OSi. The molecule has 2 heteroatoms. The number of hydrogen-bond donors (Lipinski definition) is 1. The largest absolute Gasteiger partial charge is 0.428 e. The summed E-state index contributed by atoms with van der Waals surface area (Å²) in [7, 11) is -2.26. The minimum Gasteiger partial charge on any atom is -0.428 e. The lowest BCUT2D eigenvalue weighted by Gasteiger charge is -2.19. The Morgan fingerprint density at radius 3 is 2.00 bits per heavy atom. The minimum absolute atomic E-state index is 1.10. The van der Waals surface area contributed by atoms with Crippen molar-refractivity contribution in [2.45, 2.75) is 13.1 Å². The minimum atomic E-state index is -2.26.